The molecule has 7 nitrogen and oxygen atoms in total. The number of hydrogen-bond donors (Lipinski definition) is 0. The fourth-order valence-electron chi connectivity index (χ4n) is 4.75. The van der Waals surface area contributed by atoms with E-state index in [-0.39, 0.29) is 19.0 Å². The van der Waals surface area contributed by atoms with Gasteiger partial charge in [-0.3, -0.25) is 9.36 Å². The van der Waals surface area contributed by atoms with Crippen molar-refractivity contribution in [3.63, 3.8) is 0 Å². The van der Waals surface area contributed by atoms with Crippen LogP contribution in [0.3, 0.4) is 0 Å². The van der Waals surface area contributed by atoms with Crippen LogP contribution < -0.4 is 24.4 Å². The first kappa shape index (κ1) is 23.9. The van der Waals surface area contributed by atoms with Gasteiger partial charge in [0.25, 0.3) is 5.56 Å². The maximum atomic E-state index is 14.0. The zero-order valence-corrected chi connectivity index (χ0v) is 21.7. The second-order valence-electron chi connectivity index (χ2n) is 8.90. The smallest absolute Gasteiger partial charge is 0.338 e. The minimum Gasteiger partial charge on any atom is -0.463 e. The molecule has 8 heteroatoms. The molecule has 0 saturated heterocycles. The van der Waals surface area contributed by atoms with Crippen molar-refractivity contribution in [3.05, 3.63) is 120 Å². The number of thiazole rings is 1. The fraction of sp³-hybridized carbons (Fsp3) is 0.167. The van der Waals surface area contributed by atoms with Gasteiger partial charge in [0.15, 0.2) is 16.3 Å². The molecule has 0 amide bonds. The molecule has 0 radical (unpaired) electrons. The van der Waals surface area contributed by atoms with Crippen molar-refractivity contribution in [2.45, 2.75) is 19.9 Å². The maximum absolute atomic E-state index is 14.0. The van der Waals surface area contributed by atoms with Gasteiger partial charge in [-0.25, -0.2) is 9.79 Å². The van der Waals surface area contributed by atoms with Gasteiger partial charge in [0.2, 0.25) is 6.79 Å². The lowest BCUT2D eigenvalue weighted by atomic mass is 9.93. The third-order valence-electron chi connectivity index (χ3n) is 6.54. The molecule has 6 rings (SSSR count). The summed E-state index contributed by atoms with van der Waals surface area (Å²) < 4.78 is 18.6. The van der Waals surface area contributed by atoms with Crippen molar-refractivity contribution in [3.8, 4) is 11.5 Å². The molecule has 3 heterocycles. The van der Waals surface area contributed by atoms with Crippen LogP contribution in [0.25, 0.3) is 11.8 Å². The average molecular weight is 525 g/mol. The van der Waals surface area contributed by atoms with E-state index >= 15 is 0 Å². The Kier molecular flexibility index (Phi) is 6.17. The summed E-state index contributed by atoms with van der Waals surface area (Å²) in [4.78, 5) is 32.8. The summed E-state index contributed by atoms with van der Waals surface area (Å²) in [5.41, 5.74) is 3.99. The molecule has 0 N–H and O–H groups in total. The van der Waals surface area contributed by atoms with E-state index in [1.54, 1.807) is 11.5 Å². The molecule has 1 atom stereocenters. The standard InChI is InChI=1S/C30H24N2O5S/c1-3-35-29(34)25-26(19-10-6-4-7-11-19)31-30-32(27(25)20-12-8-5-9-13-20)28(33)24(38-30)16-21-15-23-22(14-18(21)2)36-17-37-23/h4-16,27H,3,17H2,1-2H3/b24-16-/t27-/m0/s1. The number of aryl methyl sites for hydroxylation is 1. The van der Waals surface area contributed by atoms with Crippen molar-refractivity contribution in [2.24, 2.45) is 4.99 Å². The van der Waals surface area contributed by atoms with Gasteiger partial charge in [0, 0.05) is 5.56 Å². The summed E-state index contributed by atoms with van der Waals surface area (Å²) >= 11 is 1.29. The highest BCUT2D eigenvalue weighted by Gasteiger charge is 2.35. The molecule has 0 fully saturated rings. The predicted molar refractivity (Wildman–Crippen MR) is 145 cm³/mol. The summed E-state index contributed by atoms with van der Waals surface area (Å²) in [7, 11) is 0. The van der Waals surface area contributed by atoms with Crippen LogP contribution in [0, 0.1) is 6.92 Å². The summed E-state index contributed by atoms with van der Waals surface area (Å²) in [6, 6.07) is 22.1. The first-order chi connectivity index (χ1) is 18.5. The zero-order valence-electron chi connectivity index (χ0n) is 20.8. The largest absolute Gasteiger partial charge is 0.463 e. The number of carbonyl (C=O) groups excluding carboxylic acids is 1. The SMILES string of the molecule is CCOC(=O)C1=C(c2ccccc2)N=c2s/c(=C\c3cc4c(cc3C)OCO4)c(=O)n2[C@H]1c1ccccc1. The van der Waals surface area contributed by atoms with Crippen LogP contribution in [0.5, 0.6) is 11.5 Å². The summed E-state index contributed by atoms with van der Waals surface area (Å²) in [5.74, 6) is 0.842. The molecule has 1 aromatic heterocycles. The minimum atomic E-state index is -0.693. The second-order valence-corrected chi connectivity index (χ2v) is 9.91. The molecule has 4 aromatic rings. The molecule has 0 aliphatic carbocycles. The maximum Gasteiger partial charge on any atom is 0.338 e. The quantitative estimate of drug-likeness (QED) is 0.369. The van der Waals surface area contributed by atoms with Crippen LogP contribution >= 0.6 is 11.3 Å². The Morgan fingerprint density at radius 2 is 1.76 bits per heavy atom. The number of benzene rings is 3. The van der Waals surface area contributed by atoms with E-state index in [0.717, 1.165) is 22.3 Å². The number of esters is 1. The second kappa shape index (κ2) is 9.79. The Hall–Kier alpha value is -4.43. The van der Waals surface area contributed by atoms with Crippen molar-refractivity contribution in [1.29, 1.82) is 0 Å². The van der Waals surface area contributed by atoms with Crippen LogP contribution in [0.1, 0.15) is 35.2 Å². The van der Waals surface area contributed by atoms with Crippen molar-refractivity contribution in [1.82, 2.24) is 4.57 Å². The minimum absolute atomic E-state index is 0.177. The van der Waals surface area contributed by atoms with Crippen LogP contribution in [-0.2, 0) is 9.53 Å². The number of carbonyl (C=O) groups is 1. The van der Waals surface area contributed by atoms with Crippen LogP contribution in [0.4, 0.5) is 0 Å². The van der Waals surface area contributed by atoms with E-state index in [1.165, 1.54) is 11.3 Å². The van der Waals surface area contributed by atoms with Crippen molar-refractivity contribution >= 4 is 29.1 Å². The van der Waals surface area contributed by atoms with Gasteiger partial charge in [0.1, 0.15) is 0 Å². The third-order valence-corrected chi connectivity index (χ3v) is 7.52. The van der Waals surface area contributed by atoms with Gasteiger partial charge in [-0.05, 0) is 48.7 Å². The van der Waals surface area contributed by atoms with Gasteiger partial charge >= 0.3 is 5.97 Å². The summed E-state index contributed by atoms with van der Waals surface area (Å²) in [6.07, 6.45) is 1.85. The number of aromatic nitrogens is 1. The molecule has 0 unspecified atom stereocenters. The Morgan fingerprint density at radius 1 is 1.08 bits per heavy atom. The Bertz CT molecular complexity index is 1750. The molecule has 0 spiro atoms. The van der Waals surface area contributed by atoms with Gasteiger partial charge in [-0.1, -0.05) is 72.0 Å². The monoisotopic (exact) mass is 524 g/mol. The molecule has 2 aliphatic heterocycles. The van der Waals surface area contributed by atoms with Crippen LogP contribution in [0.15, 0.2) is 88.2 Å². The molecule has 38 heavy (non-hydrogen) atoms. The van der Waals surface area contributed by atoms with Crippen molar-refractivity contribution < 1.29 is 19.0 Å². The first-order valence-corrected chi connectivity index (χ1v) is 13.1. The topological polar surface area (TPSA) is 79.1 Å². The van der Waals surface area contributed by atoms with Gasteiger partial charge < -0.3 is 14.2 Å². The Labute approximate surface area is 222 Å². The molecule has 0 saturated carbocycles. The normalized spacial score (nSPS) is 16.3. The molecular weight excluding hydrogens is 500 g/mol. The van der Waals surface area contributed by atoms with Gasteiger partial charge in [0.05, 0.1) is 28.5 Å². The van der Waals surface area contributed by atoms with Crippen LogP contribution in [-0.4, -0.2) is 23.9 Å². The molecule has 190 valence electrons. The lowest BCUT2D eigenvalue weighted by Gasteiger charge is -2.25. The van der Waals surface area contributed by atoms with Gasteiger partial charge in [-0.2, -0.15) is 0 Å². The number of hydrogen-bond acceptors (Lipinski definition) is 7. The highest BCUT2D eigenvalue weighted by Crippen LogP contribution is 2.36. The molecule has 2 aliphatic rings. The van der Waals surface area contributed by atoms with E-state index in [2.05, 4.69) is 0 Å². The highest BCUT2D eigenvalue weighted by atomic mass is 32.1. The predicted octanol–water partition coefficient (Wildman–Crippen LogP) is 3.97. The molecule has 3 aromatic carbocycles. The molecule has 0 bridgehead atoms. The van der Waals surface area contributed by atoms with Gasteiger partial charge in [-0.15, -0.1) is 0 Å². The third kappa shape index (κ3) is 4.13. The average Bonchev–Trinajstić information content (AvgIpc) is 3.52. The summed E-state index contributed by atoms with van der Waals surface area (Å²) in [5, 5.41) is 0. The van der Waals surface area contributed by atoms with E-state index < -0.39 is 12.0 Å². The fourth-order valence-corrected chi connectivity index (χ4v) is 5.74. The highest BCUT2D eigenvalue weighted by molar-refractivity contribution is 7.07. The Morgan fingerprint density at radius 3 is 2.47 bits per heavy atom. The summed E-state index contributed by atoms with van der Waals surface area (Å²) in [6.45, 7) is 4.11. The van der Waals surface area contributed by atoms with Crippen LogP contribution in [0.2, 0.25) is 0 Å². The lowest BCUT2D eigenvalue weighted by Crippen LogP contribution is -2.40. The van der Waals surface area contributed by atoms with Crippen molar-refractivity contribution in [2.75, 3.05) is 13.4 Å². The Balaban J connectivity index is 1.62. The first-order valence-electron chi connectivity index (χ1n) is 12.3. The number of fused-ring (bicyclic) bond motifs is 2. The lowest BCUT2D eigenvalue weighted by molar-refractivity contribution is -0.138. The zero-order chi connectivity index (χ0) is 26.2. The molecular formula is C30H24N2O5S. The van der Waals surface area contributed by atoms with E-state index in [0.29, 0.717) is 32.1 Å². The number of ether oxygens (including phenoxy) is 3. The van der Waals surface area contributed by atoms with E-state index in [4.69, 9.17) is 19.2 Å². The number of rotatable bonds is 5. The number of nitrogens with zero attached hydrogens (tertiary/aromatic N) is 2. The van der Waals surface area contributed by atoms with E-state index in [9.17, 15) is 9.59 Å². The van der Waals surface area contributed by atoms with E-state index in [1.807, 2.05) is 85.8 Å².